The Morgan fingerprint density at radius 1 is 0.952 bits per heavy atom. The minimum Gasteiger partial charge on any atom is -0.226 e. The predicted molar refractivity (Wildman–Crippen MR) is 88.2 cm³/mol. The summed E-state index contributed by atoms with van der Waals surface area (Å²) in [4.78, 5) is 0. The number of aromatic nitrogens is 2. The van der Waals surface area contributed by atoms with Crippen molar-refractivity contribution >= 4 is 11.8 Å². The molecule has 0 amide bonds. The second kappa shape index (κ2) is 5.08. The van der Waals surface area contributed by atoms with E-state index in [9.17, 15) is 0 Å². The van der Waals surface area contributed by atoms with Crippen molar-refractivity contribution in [2.45, 2.75) is 17.9 Å². The maximum absolute atomic E-state index is 4.93. The van der Waals surface area contributed by atoms with E-state index in [1.54, 1.807) is 11.8 Å². The Morgan fingerprint density at radius 3 is 2.52 bits per heavy atom. The maximum Gasteiger partial charge on any atom is 0.103 e. The van der Waals surface area contributed by atoms with E-state index in [0.717, 1.165) is 24.2 Å². The van der Waals surface area contributed by atoms with E-state index in [1.807, 2.05) is 6.07 Å². The van der Waals surface area contributed by atoms with Crippen LogP contribution in [0, 0.1) is 0 Å². The maximum atomic E-state index is 4.93. The van der Waals surface area contributed by atoms with Crippen LogP contribution < -0.4 is 0 Å². The van der Waals surface area contributed by atoms with Gasteiger partial charge in [0.05, 0.1) is 11.4 Å². The first-order chi connectivity index (χ1) is 10.4. The van der Waals surface area contributed by atoms with Crippen molar-refractivity contribution in [3.05, 3.63) is 65.7 Å². The van der Waals surface area contributed by atoms with Crippen LogP contribution in [-0.4, -0.2) is 16.0 Å². The molecule has 4 rings (SSSR count). The summed E-state index contributed by atoms with van der Waals surface area (Å²) < 4.78 is 2.09. The Morgan fingerprint density at radius 2 is 1.71 bits per heavy atom. The van der Waals surface area contributed by atoms with E-state index in [1.165, 1.54) is 21.7 Å². The molecule has 104 valence electrons. The van der Waals surface area contributed by atoms with Crippen molar-refractivity contribution in [2.75, 3.05) is 6.26 Å². The SMILES string of the molecule is CSc1c2c(nn1-c1ccccc1)-c1ccccc1CC2. The van der Waals surface area contributed by atoms with E-state index < -0.39 is 0 Å². The zero-order valence-corrected chi connectivity index (χ0v) is 12.7. The van der Waals surface area contributed by atoms with E-state index in [0.29, 0.717) is 0 Å². The standard InChI is InChI=1S/C18H16N2S/c1-21-18-16-12-11-13-7-5-6-10-15(13)17(16)19-20(18)14-8-3-2-4-9-14/h2-10H,11-12H2,1H3. The second-order valence-corrected chi connectivity index (χ2v) is 6.04. The molecule has 21 heavy (non-hydrogen) atoms. The molecule has 3 heteroatoms. The molecule has 0 saturated heterocycles. The number of benzene rings is 2. The van der Waals surface area contributed by atoms with Gasteiger partial charge in [-0.05, 0) is 36.8 Å². The number of nitrogens with zero attached hydrogens (tertiary/aromatic N) is 2. The van der Waals surface area contributed by atoms with Crippen LogP contribution in [0.2, 0.25) is 0 Å². The third-order valence-corrected chi connectivity index (χ3v) is 4.85. The van der Waals surface area contributed by atoms with E-state index in [2.05, 4.69) is 59.5 Å². The van der Waals surface area contributed by atoms with E-state index in [4.69, 9.17) is 5.10 Å². The molecule has 2 nitrogen and oxygen atoms in total. The van der Waals surface area contributed by atoms with Crippen LogP contribution in [0.1, 0.15) is 11.1 Å². The molecule has 0 atom stereocenters. The molecule has 0 radical (unpaired) electrons. The first-order valence-electron chi connectivity index (χ1n) is 7.18. The zero-order valence-electron chi connectivity index (χ0n) is 11.9. The van der Waals surface area contributed by atoms with Crippen LogP contribution >= 0.6 is 11.8 Å². The normalized spacial score (nSPS) is 12.8. The van der Waals surface area contributed by atoms with Crippen molar-refractivity contribution < 1.29 is 0 Å². The van der Waals surface area contributed by atoms with Gasteiger partial charge < -0.3 is 0 Å². The minimum absolute atomic E-state index is 1.08. The molecule has 0 aliphatic heterocycles. The van der Waals surface area contributed by atoms with Gasteiger partial charge in [-0.25, -0.2) is 4.68 Å². The van der Waals surface area contributed by atoms with Gasteiger partial charge in [0, 0.05) is 11.1 Å². The molecule has 1 aliphatic rings. The van der Waals surface area contributed by atoms with Crippen LogP contribution in [0.5, 0.6) is 0 Å². The molecule has 1 aliphatic carbocycles. The highest BCUT2D eigenvalue weighted by atomic mass is 32.2. The molecule has 0 N–H and O–H groups in total. The van der Waals surface area contributed by atoms with Crippen LogP contribution in [-0.2, 0) is 12.8 Å². The van der Waals surface area contributed by atoms with E-state index in [-0.39, 0.29) is 0 Å². The van der Waals surface area contributed by atoms with Crippen LogP contribution in [0.4, 0.5) is 0 Å². The summed E-state index contributed by atoms with van der Waals surface area (Å²) >= 11 is 1.79. The number of rotatable bonds is 2. The Hall–Kier alpha value is -2.00. The Balaban J connectivity index is 1.96. The fraction of sp³-hybridized carbons (Fsp3) is 0.167. The average molecular weight is 292 g/mol. The average Bonchev–Trinajstić information content (AvgIpc) is 2.94. The van der Waals surface area contributed by atoms with Gasteiger partial charge in [0.1, 0.15) is 5.03 Å². The highest BCUT2D eigenvalue weighted by molar-refractivity contribution is 7.98. The summed E-state index contributed by atoms with van der Waals surface area (Å²) in [6.45, 7) is 0. The minimum atomic E-state index is 1.08. The monoisotopic (exact) mass is 292 g/mol. The summed E-state index contributed by atoms with van der Waals surface area (Å²) in [6, 6.07) is 19.0. The van der Waals surface area contributed by atoms with Crippen molar-refractivity contribution in [1.29, 1.82) is 0 Å². The fourth-order valence-corrected chi connectivity index (χ4v) is 3.82. The summed E-state index contributed by atoms with van der Waals surface area (Å²) in [7, 11) is 0. The second-order valence-electron chi connectivity index (χ2n) is 5.24. The van der Waals surface area contributed by atoms with Gasteiger partial charge in [0.15, 0.2) is 0 Å². The summed E-state index contributed by atoms with van der Waals surface area (Å²) in [5.41, 5.74) is 6.39. The quantitative estimate of drug-likeness (QED) is 0.653. The van der Waals surface area contributed by atoms with Crippen LogP contribution in [0.15, 0.2) is 59.6 Å². The van der Waals surface area contributed by atoms with Crippen LogP contribution in [0.3, 0.4) is 0 Å². The molecule has 0 bridgehead atoms. The first kappa shape index (κ1) is 12.7. The number of aryl methyl sites for hydroxylation is 1. The van der Waals surface area contributed by atoms with Gasteiger partial charge in [0.2, 0.25) is 0 Å². The molecule has 2 aromatic carbocycles. The van der Waals surface area contributed by atoms with Gasteiger partial charge >= 0.3 is 0 Å². The van der Waals surface area contributed by atoms with Gasteiger partial charge in [-0.2, -0.15) is 5.10 Å². The predicted octanol–water partition coefficient (Wildman–Crippen LogP) is 4.36. The molecule has 0 saturated carbocycles. The third kappa shape index (κ3) is 2.00. The number of para-hydroxylation sites is 1. The topological polar surface area (TPSA) is 17.8 Å². The number of thioether (sulfide) groups is 1. The third-order valence-electron chi connectivity index (χ3n) is 4.05. The number of hydrogen-bond acceptors (Lipinski definition) is 2. The molecular formula is C18H16N2S. The summed E-state index contributed by atoms with van der Waals surface area (Å²) in [5, 5.41) is 6.20. The smallest absolute Gasteiger partial charge is 0.103 e. The number of hydrogen-bond donors (Lipinski definition) is 0. The van der Waals surface area contributed by atoms with Crippen molar-refractivity contribution in [2.24, 2.45) is 0 Å². The van der Waals surface area contributed by atoms with Crippen LogP contribution in [0.25, 0.3) is 16.9 Å². The Labute approximate surface area is 128 Å². The van der Waals surface area contributed by atoms with Gasteiger partial charge in [-0.15, -0.1) is 11.8 Å². The zero-order chi connectivity index (χ0) is 14.2. The molecule has 0 spiro atoms. The molecule has 3 aromatic rings. The lowest BCUT2D eigenvalue weighted by Crippen LogP contribution is -2.02. The summed E-state index contributed by atoms with van der Waals surface area (Å²) in [5.74, 6) is 0. The molecule has 1 aromatic heterocycles. The summed E-state index contributed by atoms with van der Waals surface area (Å²) in [6.07, 6.45) is 4.32. The lowest BCUT2D eigenvalue weighted by atomic mass is 9.91. The van der Waals surface area contributed by atoms with Crippen molar-refractivity contribution in [1.82, 2.24) is 9.78 Å². The van der Waals surface area contributed by atoms with Gasteiger partial charge in [-0.3, -0.25) is 0 Å². The fourth-order valence-electron chi connectivity index (χ4n) is 3.06. The largest absolute Gasteiger partial charge is 0.226 e. The highest BCUT2D eigenvalue weighted by Gasteiger charge is 2.24. The van der Waals surface area contributed by atoms with E-state index >= 15 is 0 Å². The number of fused-ring (bicyclic) bond motifs is 3. The first-order valence-corrected chi connectivity index (χ1v) is 8.40. The van der Waals surface area contributed by atoms with Gasteiger partial charge in [0.25, 0.3) is 0 Å². The molecule has 0 unspecified atom stereocenters. The molecule has 0 fully saturated rings. The lowest BCUT2D eigenvalue weighted by Gasteiger charge is -2.15. The van der Waals surface area contributed by atoms with Crippen molar-refractivity contribution in [3.8, 4) is 16.9 Å². The Bertz CT molecular complexity index is 780. The molecule has 1 heterocycles. The van der Waals surface area contributed by atoms with Crippen molar-refractivity contribution in [3.63, 3.8) is 0 Å². The van der Waals surface area contributed by atoms with Gasteiger partial charge in [-0.1, -0.05) is 42.5 Å². The molecular weight excluding hydrogens is 276 g/mol. The lowest BCUT2D eigenvalue weighted by molar-refractivity contribution is 0.797. The Kier molecular flexibility index (Phi) is 3.08. The highest BCUT2D eigenvalue weighted by Crippen LogP contribution is 2.38.